The van der Waals surface area contributed by atoms with Gasteiger partial charge < -0.3 is 14.7 Å². The van der Waals surface area contributed by atoms with Gasteiger partial charge in [-0.1, -0.05) is 0 Å². The van der Waals surface area contributed by atoms with Crippen molar-refractivity contribution in [1.82, 2.24) is 4.90 Å². The smallest absolute Gasteiger partial charge is 0.218 e. The molecule has 0 aliphatic heterocycles. The number of methoxy groups -OCH3 is 1. The van der Waals surface area contributed by atoms with Crippen molar-refractivity contribution < 1.29 is 14.6 Å². The van der Waals surface area contributed by atoms with Crippen LogP contribution >= 0.6 is 0 Å². The molecule has 0 aliphatic rings. The van der Waals surface area contributed by atoms with E-state index in [1.165, 1.54) is 11.8 Å². The lowest BCUT2D eigenvalue weighted by Gasteiger charge is -2.02. The Morgan fingerprint density at radius 2 is 1.91 bits per heavy atom. The average Bonchev–Trinajstić information content (AvgIpc) is 1.90. The van der Waals surface area contributed by atoms with Crippen LogP contribution in [0.5, 0.6) is 0 Å². The van der Waals surface area contributed by atoms with Crippen molar-refractivity contribution in [2.24, 2.45) is 0 Å². The first-order valence-electron chi connectivity index (χ1n) is 3.34. The van der Waals surface area contributed by atoms with E-state index in [-0.39, 0.29) is 12.5 Å². The van der Waals surface area contributed by atoms with E-state index in [0.717, 1.165) is 0 Å². The minimum absolute atomic E-state index is 0.0926. The van der Waals surface area contributed by atoms with Gasteiger partial charge in [0.25, 0.3) is 0 Å². The standard InChI is InChI=1S/C4H9NO.C3H8O2/c1-4(6)5(2)3;1-5-3-2-4/h1-3H3;4H,2-3H2,1H3. The van der Waals surface area contributed by atoms with Crippen LogP contribution < -0.4 is 0 Å². The molecule has 4 heteroatoms. The number of hydrogen-bond donors (Lipinski definition) is 1. The topological polar surface area (TPSA) is 49.8 Å². The van der Waals surface area contributed by atoms with Crippen LogP contribution in [0.15, 0.2) is 0 Å². The Balaban J connectivity index is 0. The summed E-state index contributed by atoms with van der Waals surface area (Å²) in [5, 5.41) is 7.94. The largest absolute Gasteiger partial charge is 0.394 e. The molecule has 0 spiro atoms. The SMILES string of the molecule is CC(=O)N(C)C.COCCO. The number of carbonyl (C=O) groups is 1. The predicted molar refractivity (Wildman–Crippen MR) is 43.3 cm³/mol. The fourth-order valence-electron chi connectivity index (χ4n) is 0.0913. The molecule has 0 radical (unpaired) electrons. The lowest BCUT2D eigenvalue weighted by molar-refractivity contribution is -0.126. The van der Waals surface area contributed by atoms with Crippen molar-refractivity contribution in [1.29, 1.82) is 0 Å². The van der Waals surface area contributed by atoms with E-state index in [4.69, 9.17) is 5.11 Å². The lowest BCUT2D eigenvalue weighted by Crippen LogP contribution is -2.17. The molecule has 11 heavy (non-hydrogen) atoms. The molecule has 68 valence electrons. The minimum Gasteiger partial charge on any atom is -0.394 e. The Kier molecular flexibility index (Phi) is 11.1. The van der Waals surface area contributed by atoms with Crippen molar-refractivity contribution in [2.45, 2.75) is 6.92 Å². The number of rotatable bonds is 2. The highest BCUT2D eigenvalue weighted by molar-refractivity contribution is 5.72. The summed E-state index contributed by atoms with van der Waals surface area (Å²) < 4.78 is 4.44. The van der Waals surface area contributed by atoms with Crippen molar-refractivity contribution >= 4 is 5.91 Å². The van der Waals surface area contributed by atoms with Crippen LogP contribution in [-0.2, 0) is 9.53 Å². The molecule has 0 fully saturated rings. The van der Waals surface area contributed by atoms with Crippen LogP contribution in [0.4, 0.5) is 0 Å². The van der Waals surface area contributed by atoms with Crippen LogP contribution in [-0.4, -0.2) is 50.3 Å². The van der Waals surface area contributed by atoms with Gasteiger partial charge in [-0.25, -0.2) is 0 Å². The molecular formula is C7H17NO3. The number of ether oxygens (including phenoxy) is 1. The number of amides is 1. The Morgan fingerprint density at radius 1 is 1.55 bits per heavy atom. The highest BCUT2D eigenvalue weighted by Gasteiger charge is 1.87. The molecule has 4 nitrogen and oxygen atoms in total. The van der Waals surface area contributed by atoms with Crippen LogP contribution in [0.3, 0.4) is 0 Å². The third-order valence-corrected chi connectivity index (χ3v) is 0.925. The summed E-state index contributed by atoms with van der Waals surface area (Å²) >= 11 is 0. The van der Waals surface area contributed by atoms with Gasteiger partial charge in [-0.3, -0.25) is 4.79 Å². The highest BCUT2D eigenvalue weighted by atomic mass is 16.5. The van der Waals surface area contributed by atoms with Crippen LogP contribution in [0.25, 0.3) is 0 Å². The molecule has 0 aromatic rings. The minimum atomic E-state index is 0.0926. The zero-order chi connectivity index (χ0) is 9.28. The van der Waals surface area contributed by atoms with Crippen molar-refractivity contribution in [2.75, 3.05) is 34.4 Å². The zero-order valence-corrected chi connectivity index (χ0v) is 7.63. The first-order valence-corrected chi connectivity index (χ1v) is 3.34. The molecule has 0 heterocycles. The molecular weight excluding hydrogens is 146 g/mol. The van der Waals surface area contributed by atoms with Crippen LogP contribution in [0.1, 0.15) is 6.92 Å². The molecule has 0 aromatic carbocycles. The number of hydrogen-bond acceptors (Lipinski definition) is 3. The number of aliphatic hydroxyl groups excluding tert-OH is 1. The third kappa shape index (κ3) is 17.7. The Morgan fingerprint density at radius 3 is 1.91 bits per heavy atom. The molecule has 1 amide bonds. The van der Waals surface area contributed by atoms with Gasteiger partial charge in [-0.05, 0) is 0 Å². The van der Waals surface area contributed by atoms with Gasteiger partial charge in [0.2, 0.25) is 5.91 Å². The predicted octanol–water partition coefficient (Wildman–Crippen LogP) is -0.280. The number of nitrogens with zero attached hydrogens (tertiary/aromatic N) is 1. The van der Waals surface area contributed by atoms with Gasteiger partial charge in [-0.2, -0.15) is 0 Å². The first-order chi connectivity index (χ1) is 5.06. The van der Waals surface area contributed by atoms with E-state index < -0.39 is 0 Å². The zero-order valence-electron chi connectivity index (χ0n) is 7.63. The molecule has 0 saturated heterocycles. The van der Waals surface area contributed by atoms with E-state index in [9.17, 15) is 4.79 Å². The van der Waals surface area contributed by atoms with Gasteiger partial charge in [0.05, 0.1) is 13.2 Å². The summed E-state index contributed by atoms with van der Waals surface area (Å²) in [5.74, 6) is 0.0926. The second-order valence-corrected chi connectivity index (χ2v) is 2.13. The van der Waals surface area contributed by atoms with Gasteiger partial charge in [-0.15, -0.1) is 0 Å². The van der Waals surface area contributed by atoms with Crippen molar-refractivity contribution in [3.05, 3.63) is 0 Å². The van der Waals surface area contributed by atoms with Gasteiger partial charge >= 0.3 is 0 Å². The summed E-state index contributed by atoms with van der Waals surface area (Å²) in [6.45, 7) is 2.09. The van der Waals surface area contributed by atoms with E-state index in [0.29, 0.717) is 6.61 Å². The maximum Gasteiger partial charge on any atom is 0.218 e. The fraction of sp³-hybridized carbons (Fsp3) is 0.857. The van der Waals surface area contributed by atoms with Gasteiger partial charge in [0, 0.05) is 28.1 Å². The molecule has 0 atom stereocenters. The number of carbonyl (C=O) groups excluding carboxylic acids is 1. The van der Waals surface area contributed by atoms with E-state index in [1.54, 1.807) is 21.2 Å². The first kappa shape index (κ1) is 13.0. The number of aliphatic hydroxyl groups is 1. The molecule has 0 aliphatic carbocycles. The van der Waals surface area contributed by atoms with Crippen molar-refractivity contribution in [3.8, 4) is 0 Å². The van der Waals surface area contributed by atoms with Crippen LogP contribution in [0, 0.1) is 0 Å². The molecule has 0 unspecified atom stereocenters. The summed E-state index contributed by atoms with van der Waals surface area (Å²) in [5.41, 5.74) is 0. The quantitative estimate of drug-likeness (QED) is 0.609. The maximum atomic E-state index is 10.1. The summed E-state index contributed by atoms with van der Waals surface area (Å²) in [6, 6.07) is 0. The van der Waals surface area contributed by atoms with E-state index in [2.05, 4.69) is 4.74 Å². The summed E-state index contributed by atoms with van der Waals surface area (Å²) in [4.78, 5) is 11.6. The molecule has 0 bridgehead atoms. The van der Waals surface area contributed by atoms with Crippen LogP contribution in [0.2, 0.25) is 0 Å². The molecule has 0 saturated carbocycles. The maximum absolute atomic E-state index is 10.1. The van der Waals surface area contributed by atoms with E-state index in [1.807, 2.05) is 0 Å². The average molecular weight is 163 g/mol. The Labute approximate surface area is 67.8 Å². The molecule has 1 N–H and O–H groups in total. The Bertz CT molecular complexity index is 91.7. The summed E-state index contributed by atoms with van der Waals surface area (Å²) in [6.07, 6.45) is 0. The lowest BCUT2D eigenvalue weighted by atomic mass is 10.7. The summed E-state index contributed by atoms with van der Waals surface area (Å²) in [7, 11) is 5.00. The Hall–Kier alpha value is -0.610. The van der Waals surface area contributed by atoms with E-state index >= 15 is 0 Å². The molecule has 0 rings (SSSR count). The monoisotopic (exact) mass is 163 g/mol. The second-order valence-electron chi connectivity index (χ2n) is 2.13. The normalized spacial score (nSPS) is 8.09. The van der Waals surface area contributed by atoms with Gasteiger partial charge in [0.1, 0.15) is 0 Å². The fourth-order valence-corrected chi connectivity index (χ4v) is 0.0913. The van der Waals surface area contributed by atoms with Gasteiger partial charge in [0.15, 0.2) is 0 Å². The molecule has 0 aromatic heterocycles. The highest BCUT2D eigenvalue weighted by Crippen LogP contribution is 1.69. The third-order valence-electron chi connectivity index (χ3n) is 0.925. The van der Waals surface area contributed by atoms with Crippen molar-refractivity contribution in [3.63, 3.8) is 0 Å². The second kappa shape index (κ2) is 9.39.